The molecule has 0 radical (unpaired) electrons. The van der Waals surface area contributed by atoms with Crippen molar-refractivity contribution in [3.05, 3.63) is 58.6 Å². The summed E-state index contributed by atoms with van der Waals surface area (Å²) in [6, 6.07) is 8.64. The highest BCUT2D eigenvalue weighted by Gasteiger charge is 2.06. The third kappa shape index (κ3) is 4.41. The van der Waals surface area contributed by atoms with E-state index in [4.69, 9.17) is 16.3 Å². The molecule has 1 N–H and O–H groups in total. The van der Waals surface area contributed by atoms with Crippen LogP contribution in [-0.4, -0.2) is 6.54 Å². The fraction of sp³-hybridized carbons (Fsp3) is 0.250. The highest BCUT2D eigenvalue weighted by molar-refractivity contribution is 6.31. The van der Waals surface area contributed by atoms with Gasteiger partial charge in [-0.15, -0.1) is 0 Å². The Kier molecular flexibility index (Phi) is 5.53. The summed E-state index contributed by atoms with van der Waals surface area (Å²) < 4.78 is 31.4. The number of halogens is 3. The van der Waals surface area contributed by atoms with Gasteiger partial charge in [0.2, 0.25) is 0 Å². The topological polar surface area (TPSA) is 21.3 Å². The van der Waals surface area contributed by atoms with E-state index in [2.05, 4.69) is 12.2 Å². The van der Waals surface area contributed by atoms with Crippen molar-refractivity contribution in [3.8, 4) is 11.5 Å². The second-order valence-corrected chi connectivity index (χ2v) is 5.02. The van der Waals surface area contributed by atoms with Crippen LogP contribution in [0.15, 0.2) is 36.4 Å². The number of nitrogens with one attached hydrogen (secondary N) is 1. The van der Waals surface area contributed by atoms with Crippen molar-refractivity contribution in [2.75, 3.05) is 6.54 Å². The molecule has 0 aliphatic carbocycles. The third-order valence-corrected chi connectivity index (χ3v) is 3.25. The summed E-state index contributed by atoms with van der Waals surface area (Å²) in [7, 11) is 0. The molecule has 21 heavy (non-hydrogen) atoms. The lowest BCUT2D eigenvalue weighted by Gasteiger charge is -2.10. The van der Waals surface area contributed by atoms with Crippen molar-refractivity contribution < 1.29 is 13.5 Å². The SMILES string of the molecule is CCCNCc1ccc(Oc2ccc(F)c(F)c2)cc1Cl. The van der Waals surface area contributed by atoms with E-state index in [9.17, 15) is 8.78 Å². The lowest BCUT2D eigenvalue weighted by molar-refractivity contribution is 0.461. The highest BCUT2D eigenvalue weighted by atomic mass is 35.5. The maximum atomic E-state index is 13.1. The molecule has 0 unspecified atom stereocenters. The van der Waals surface area contributed by atoms with Gasteiger partial charge in [0.05, 0.1) is 0 Å². The van der Waals surface area contributed by atoms with E-state index >= 15 is 0 Å². The van der Waals surface area contributed by atoms with Crippen molar-refractivity contribution >= 4 is 11.6 Å². The molecule has 0 heterocycles. The average Bonchev–Trinajstić information content (AvgIpc) is 2.45. The lowest BCUT2D eigenvalue weighted by Crippen LogP contribution is -2.13. The van der Waals surface area contributed by atoms with Gasteiger partial charge in [-0.05, 0) is 42.8 Å². The van der Waals surface area contributed by atoms with Gasteiger partial charge >= 0.3 is 0 Å². The van der Waals surface area contributed by atoms with E-state index in [0.717, 1.165) is 30.7 Å². The third-order valence-electron chi connectivity index (χ3n) is 2.89. The van der Waals surface area contributed by atoms with Crippen LogP contribution in [0.4, 0.5) is 8.78 Å². The fourth-order valence-corrected chi connectivity index (χ4v) is 2.05. The van der Waals surface area contributed by atoms with Gasteiger partial charge in [0, 0.05) is 17.6 Å². The van der Waals surface area contributed by atoms with Crippen LogP contribution in [0.1, 0.15) is 18.9 Å². The molecule has 0 spiro atoms. The molecular weight excluding hydrogens is 296 g/mol. The zero-order valence-electron chi connectivity index (χ0n) is 11.6. The van der Waals surface area contributed by atoms with Crippen LogP contribution in [0, 0.1) is 11.6 Å². The Morgan fingerprint density at radius 3 is 2.43 bits per heavy atom. The number of hydrogen-bond acceptors (Lipinski definition) is 2. The average molecular weight is 312 g/mol. The number of benzene rings is 2. The first kappa shape index (κ1) is 15.7. The minimum atomic E-state index is -0.945. The summed E-state index contributed by atoms with van der Waals surface area (Å²) in [5, 5.41) is 3.83. The van der Waals surface area contributed by atoms with Crippen molar-refractivity contribution in [2.24, 2.45) is 0 Å². The predicted molar refractivity (Wildman–Crippen MR) is 79.9 cm³/mol. The zero-order valence-corrected chi connectivity index (χ0v) is 12.4. The zero-order chi connectivity index (χ0) is 15.2. The largest absolute Gasteiger partial charge is 0.457 e. The van der Waals surface area contributed by atoms with Gasteiger partial charge in [-0.2, -0.15) is 0 Å². The van der Waals surface area contributed by atoms with Crippen molar-refractivity contribution in [3.63, 3.8) is 0 Å². The van der Waals surface area contributed by atoms with E-state index in [1.165, 1.54) is 6.07 Å². The molecule has 2 aromatic carbocycles. The van der Waals surface area contributed by atoms with E-state index in [-0.39, 0.29) is 5.75 Å². The number of ether oxygens (including phenoxy) is 1. The molecule has 2 aromatic rings. The Morgan fingerprint density at radius 1 is 1.05 bits per heavy atom. The van der Waals surface area contributed by atoms with E-state index < -0.39 is 11.6 Å². The smallest absolute Gasteiger partial charge is 0.162 e. The van der Waals surface area contributed by atoms with Gasteiger partial charge in [-0.25, -0.2) is 8.78 Å². The minimum Gasteiger partial charge on any atom is -0.457 e. The molecule has 0 aliphatic heterocycles. The van der Waals surface area contributed by atoms with Crippen LogP contribution >= 0.6 is 11.6 Å². The lowest BCUT2D eigenvalue weighted by atomic mass is 10.2. The monoisotopic (exact) mass is 311 g/mol. The molecule has 0 amide bonds. The molecule has 0 saturated heterocycles. The Hall–Kier alpha value is -1.65. The number of hydrogen-bond donors (Lipinski definition) is 1. The van der Waals surface area contributed by atoms with Gasteiger partial charge in [-0.1, -0.05) is 24.6 Å². The first-order valence-corrected chi connectivity index (χ1v) is 7.10. The first-order valence-electron chi connectivity index (χ1n) is 6.72. The van der Waals surface area contributed by atoms with Gasteiger partial charge in [0.25, 0.3) is 0 Å². The van der Waals surface area contributed by atoms with Crippen LogP contribution in [0.5, 0.6) is 11.5 Å². The van der Waals surface area contributed by atoms with Crippen LogP contribution in [0.25, 0.3) is 0 Å². The van der Waals surface area contributed by atoms with Crippen LogP contribution < -0.4 is 10.1 Å². The molecule has 0 bridgehead atoms. The molecule has 2 nitrogen and oxygen atoms in total. The Bertz CT molecular complexity index is 619. The maximum absolute atomic E-state index is 13.1. The van der Waals surface area contributed by atoms with Crippen molar-refractivity contribution in [1.29, 1.82) is 0 Å². The molecule has 112 valence electrons. The van der Waals surface area contributed by atoms with E-state index in [1.807, 2.05) is 6.07 Å². The summed E-state index contributed by atoms with van der Waals surface area (Å²) >= 11 is 6.18. The van der Waals surface area contributed by atoms with Gasteiger partial charge < -0.3 is 10.1 Å². The fourth-order valence-electron chi connectivity index (χ4n) is 1.81. The van der Waals surface area contributed by atoms with Gasteiger partial charge in [0.1, 0.15) is 11.5 Å². The summed E-state index contributed by atoms with van der Waals surface area (Å²) in [6.07, 6.45) is 1.05. The summed E-state index contributed by atoms with van der Waals surface area (Å²) in [5.41, 5.74) is 0.961. The van der Waals surface area contributed by atoms with Crippen molar-refractivity contribution in [2.45, 2.75) is 19.9 Å². The van der Waals surface area contributed by atoms with Crippen LogP contribution in [0.2, 0.25) is 5.02 Å². The first-order chi connectivity index (χ1) is 10.1. The molecule has 0 aromatic heterocycles. The second kappa shape index (κ2) is 7.38. The molecule has 0 saturated carbocycles. The van der Waals surface area contributed by atoms with Crippen LogP contribution in [0.3, 0.4) is 0 Å². The molecule has 0 aliphatic rings. The van der Waals surface area contributed by atoms with Crippen molar-refractivity contribution in [1.82, 2.24) is 5.32 Å². The molecular formula is C16H16ClF2NO. The van der Waals surface area contributed by atoms with Gasteiger partial charge in [-0.3, -0.25) is 0 Å². The molecule has 2 rings (SSSR count). The standard InChI is InChI=1S/C16H16ClF2NO/c1-2-7-20-10-11-3-4-12(8-14(11)17)21-13-5-6-15(18)16(19)9-13/h3-6,8-9,20H,2,7,10H2,1H3. The van der Waals surface area contributed by atoms with Crippen LogP contribution in [-0.2, 0) is 6.54 Å². The predicted octanol–water partition coefficient (Wildman–Crippen LogP) is 4.91. The second-order valence-electron chi connectivity index (χ2n) is 4.61. The summed E-state index contributed by atoms with van der Waals surface area (Å²) in [6.45, 7) is 3.69. The molecule has 5 heteroatoms. The van der Waals surface area contributed by atoms with E-state index in [1.54, 1.807) is 12.1 Å². The highest BCUT2D eigenvalue weighted by Crippen LogP contribution is 2.27. The normalized spacial score (nSPS) is 10.7. The summed E-state index contributed by atoms with van der Waals surface area (Å²) in [4.78, 5) is 0. The minimum absolute atomic E-state index is 0.224. The Balaban J connectivity index is 2.07. The maximum Gasteiger partial charge on any atom is 0.162 e. The van der Waals surface area contributed by atoms with Gasteiger partial charge in [0.15, 0.2) is 11.6 Å². The molecule has 0 fully saturated rings. The Labute approximate surface area is 127 Å². The molecule has 0 atom stereocenters. The van der Waals surface area contributed by atoms with E-state index in [0.29, 0.717) is 17.3 Å². The number of rotatable bonds is 6. The summed E-state index contributed by atoms with van der Waals surface area (Å²) in [5.74, 6) is -1.15. The Morgan fingerprint density at radius 2 is 1.76 bits per heavy atom. The quantitative estimate of drug-likeness (QED) is 0.765.